The van der Waals surface area contributed by atoms with Gasteiger partial charge in [0.1, 0.15) is 5.82 Å². The van der Waals surface area contributed by atoms with Crippen LogP contribution in [0.4, 0.5) is 5.82 Å². The normalized spacial score (nSPS) is 17.6. The van der Waals surface area contributed by atoms with Crippen molar-refractivity contribution in [3.8, 4) is 0 Å². The van der Waals surface area contributed by atoms with Crippen LogP contribution in [0.1, 0.15) is 26.3 Å². The first-order chi connectivity index (χ1) is 12.2. The quantitative estimate of drug-likeness (QED) is 0.259. The van der Waals surface area contributed by atoms with Gasteiger partial charge in [0, 0.05) is 39.0 Å². The summed E-state index contributed by atoms with van der Waals surface area (Å²) < 4.78 is 10.9. The molecule has 1 aromatic rings. The van der Waals surface area contributed by atoms with Crippen LogP contribution < -0.4 is 15.5 Å². The molecule has 1 aliphatic heterocycles. The molecule has 26 heavy (non-hydrogen) atoms. The van der Waals surface area contributed by atoms with E-state index in [9.17, 15) is 0 Å². The predicted octanol–water partition coefficient (Wildman–Crippen LogP) is 2.02. The minimum Gasteiger partial charge on any atom is -0.380 e. The molecule has 0 aliphatic carbocycles. The van der Waals surface area contributed by atoms with E-state index in [2.05, 4.69) is 45.4 Å². The highest BCUT2D eigenvalue weighted by Gasteiger charge is 2.17. The number of aliphatic imine (C=N–C) groups is 1. The Morgan fingerprint density at radius 2 is 2.27 bits per heavy atom. The number of guanidine groups is 1. The monoisotopic (exact) mass is 477 g/mol. The lowest BCUT2D eigenvalue weighted by molar-refractivity contribution is 0.0529. The first-order valence-electron chi connectivity index (χ1n) is 9.14. The zero-order valence-electron chi connectivity index (χ0n) is 16.0. The van der Waals surface area contributed by atoms with Crippen LogP contribution in [-0.2, 0) is 16.0 Å². The summed E-state index contributed by atoms with van der Waals surface area (Å²) in [6.45, 7) is 12.2. The Labute approximate surface area is 174 Å². The van der Waals surface area contributed by atoms with E-state index in [1.165, 1.54) is 0 Å². The van der Waals surface area contributed by atoms with E-state index in [4.69, 9.17) is 9.47 Å². The van der Waals surface area contributed by atoms with Gasteiger partial charge in [-0.1, -0.05) is 0 Å². The zero-order valence-corrected chi connectivity index (χ0v) is 18.4. The van der Waals surface area contributed by atoms with Gasteiger partial charge in [-0.3, -0.25) is 0 Å². The number of pyridine rings is 1. The summed E-state index contributed by atoms with van der Waals surface area (Å²) in [5, 5.41) is 6.54. The predicted molar refractivity (Wildman–Crippen MR) is 117 cm³/mol. The van der Waals surface area contributed by atoms with Gasteiger partial charge < -0.3 is 25.0 Å². The van der Waals surface area contributed by atoms with Gasteiger partial charge in [0.15, 0.2) is 5.96 Å². The Hall–Kier alpha value is -1.13. The lowest BCUT2D eigenvalue weighted by Crippen LogP contribution is -2.41. The molecule has 7 nitrogen and oxygen atoms in total. The highest BCUT2D eigenvalue weighted by Crippen LogP contribution is 2.16. The Balaban J connectivity index is 0.00000338. The fraction of sp³-hybridized carbons (Fsp3) is 0.667. The van der Waals surface area contributed by atoms with Gasteiger partial charge in [0.05, 0.1) is 25.9 Å². The van der Waals surface area contributed by atoms with Crippen LogP contribution in [0.5, 0.6) is 0 Å². The van der Waals surface area contributed by atoms with Gasteiger partial charge >= 0.3 is 0 Å². The molecule has 1 fully saturated rings. The van der Waals surface area contributed by atoms with Gasteiger partial charge in [-0.25, -0.2) is 9.98 Å². The van der Waals surface area contributed by atoms with Gasteiger partial charge in [0.25, 0.3) is 0 Å². The molecule has 0 aromatic carbocycles. The summed E-state index contributed by atoms with van der Waals surface area (Å²) in [5.41, 5.74) is 1.14. The maximum absolute atomic E-state index is 5.60. The molecule has 1 unspecified atom stereocenters. The smallest absolute Gasteiger partial charge is 0.191 e. The Kier molecular flexibility index (Phi) is 11.5. The SMILES string of the molecule is CCNC(=NCc1ccnc(N2CCOC(C)C2)c1)NCCOCC.I. The van der Waals surface area contributed by atoms with Crippen molar-refractivity contribution < 1.29 is 9.47 Å². The average Bonchev–Trinajstić information content (AvgIpc) is 2.63. The number of anilines is 1. The summed E-state index contributed by atoms with van der Waals surface area (Å²) in [6.07, 6.45) is 2.10. The summed E-state index contributed by atoms with van der Waals surface area (Å²) >= 11 is 0. The molecule has 2 rings (SSSR count). The molecule has 0 amide bonds. The van der Waals surface area contributed by atoms with E-state index >= 15 is 0 Å². The summed E-state index contributed by atoms with van der Waals surface area (Å²) in [7, 11) is 0. The molecule has 1 aromatic heterocycles. The summed E-state index contributed by atoms with van der Waals surface area (Å²) in [4.78, 5) is 11.4. The van der Waals surface area contributed by atoms with Crippen molar-refractivity contribution >= 4 is 35.8 Å². The van der Waals surface area contributed by atoms with E-state index in [0.29, 0.717) is 13.2 Å². The fourth-order valence-electron chi connectivity index (χ4n) is 2.66. The number of rotatable bonds is 8. The van der Waals surface area contributed by atoms with Crippen LogP contribution in [0, 0.1) is 0 Å². The summed E-state index contributed by atoms with van der Waals surface area (Å²) in [6, 6.07) is 4.13. The third-order valence-electron chi connectivity index (χ3n) is 3.88. The molecule has 148 valence electrons. The second-order valence-corrected chi connectivity index (χ2v) is 5.97. The number of hydrogen-bond acceptors (Lipinski definition) is 5. The van der Waals surface area contributed by atoms with Gasteiger partial charge in [0.2, 0.25) is 0 Å². The molecular weight excluding hydrogens is 445 g/mol. The maximum Gasteiger partial charge on any atom is 0.191 e. The van der Waals surface area contributed by atoms with E-state index < -0.39 is 0 Å². The van der Waals surface area contributed by atoms with Gasteiger partial charge in [-0.15, -0.1) is 24.0 Å². The minimum atomic E-state index is 0. The molecule has 1 saturated heterocycles. The number of hydrogen-bond donors (Lipinski definition) is 2. The van der Waals surface area contributed by atoms with Crippen molar-refractivity contribution in [2.24, 2.45) is 4.99 Å². The molecule has 2 heterocycles. The second kappa shape index (κ2) is 13.1. The Morgan fingerprint density at radius 1 is 1.42 bits per heavy atom. The summed E-state index contributed by atoms with van der Waals surface area (Å²) in [5.74, 6) is 1.80. The first-order valence-corrected chi connectivity index (χ1v) is 9.14. The molecule has 2 N–H and O–H groups in total. The molecule has 1 aliphatic rings. The topological polar surface area (TPSA) is 71.0 Å². The van der Waals surface area contributed by atoms with E-state index in [0.717, 1.165) is 56.7 Å². The molecular formula is C18H32IN5O2. The van der Waals surface area contributed by atoms with E-state index in [1.54, 1.807) is 0 Å². The molecule has 0 saturated carbocycles. The number of nitrogens with zero attached hydrogens (tertiary/aromatic N) is 3. The zero-order chi connectivity index (χ0) is 17.9. The average molecular weight is 477 g/mol. The number of nitrogens with one attached hydrogen (secondary N) is 2. The van der Waals surface area contributed by atoms with Crippen molar-refractivity contribution in [3.63, 3.8) is 0 Å². The number of morpholine rings is 1. The van der Waals surface area contributed by atoms with Crippen LogP contribution in [0.15, 0.2) is 23.3 Å². The van der Waals surface area contributed by atoms with Crippen molar-refractivity contribution in [3.05, 3.63) is 23.9 Å². The highest BCUT2D eigenvalue weighted by molar-refractivity contribution is 14.0. The second-order valence-electron chi connectivity index (χ2n) is 5.97. The van der Waals surface area contributed by atoms with Crippen LogP contribution >= 0.6 is 24.0 Å². The molecule has 1 atom stereocenters. The number of halogens is 1. The minimum absolute atomic E-state index is 0. The Bertz CT molecular complexity index is 544. The molecule has 0 radical (unpaired) electrons. The van der Waals surface area contributed by atoms with Gasteiger partial charge in [-0.2, -0.15) is 0 Å². The maximum atomic E-state index is 5.60. The lowest BCUT2D eigenvalue weighted by atomic mass is 10.2. The van der Waals surface area contributed by atoms with Crippen LogP contribution in [0.3, 0.4) is 0 Å². The molecule has 8 heteroatoms. The van der Waals surface area contributed by atoms with E-state index in [1.807, 2.05) is 19.2 Å². The molecule has 0 spiro atoms. The fourth-order valence-corrected chi connectivity index (χ4v) is 2.66. The van der Waals surface area contributed by atoms with Crippen LogP contribution in [0.2, 0.25) is 0 Å². The van der Waals surface area contributed by atoms with Crippen molar-refractivity contribution in [1.29, 1.82) is 0 Å². The van der Waals surface area contributed by atoms with Gasteiger partial charge in [-0.05, 0) is 38.5 Å². The van der Waals surface area contributed by atoms with Crippen molar-refractivity contribution in [2.45, 2.75) is 33.4 Å². The number of aromatic nitrogens is 1. The van der Waals surface area contributed by atoms with Crippen molar-refractivity contribution in [2.75, 3.05) is 50.9 Å². The van der Waals surface area contributed by atoms with Crippen LogP contribution in [-0.4, -0.2) is 63.0 Å². The lowest BCUT2D eigenvalue weighted by Gasteiger charge is -2.32. The Morgan fingerprint density at radius 3 is 3.00 bits per heavy atom. The largest absolute Gasteiger partial charge is 0.380 e. The highest BCUT2D eigenvalue weighted by atomic mass is 127. The van der Waals surface area contributed by atoms with E-state index in [-0.39, 0.29) is 30.1 Å². The standard InChI is InChI=1S/C18H31N5O2.HI/c1-4-19-18(21-8-10-24-5-2)22-13-16-6-7-20-17(12-16)23-9-11-25-15(3)14-23;/h6-7,12,15H,4-5,8-11,13-14H2,1-3H3,(H2,19,21,22);1H. The molecule has 0 bridgehead atoms. The van der Waals surface area contributed by atoms with Crippen LogP contribution in [0.25, 0.3) is 0 Å². The number of ether oxygens (including phenoxy) is 2. The van der Waals surface area contributed by atoms with Crippen molar-refractivity contribution in [1.82, 2.24) is 15.6 Å². The third-order valence-corrected chi connectivity index (χ3v) is 3.88. The third kappa shape index (κ3) is 8.05. The first kappa shape index (κ1) is 22.9.